The summed E-state index contributed by atoms with van der Waals surface area (Å²) in [5.41, 5.74) is -0.572. The molecule has 1 saturated carbocycles. The van der Waals surface area contributed by atoms with Crippen molar-refractivity contribution in [2.24, 2.45) is 11.8 Å². The van der Waals surface area contributed by atoms with Gasteiger partial charge in [0, 0.05) is 12.6 Å². The van der Waals surface area contributed by atoms with Crippen molar-refractivity contribution in [1.82, 2.24) is 5.32 Å². The van der Waals surface area contributed by atoms with Crippen LogP contribution < -0.4 is 5.32 Å². The van der Waals surface area contributed by atoms with Crippen LogP contribution in [0, 0.1) is 11.8 Å². The first-order valence-corrected chi connectivity index (χ1v) is 6.87. The van der Waals surface area contributed by atoms with E-state index in [0.29, 0.717) is 12.0 Å². The van der Waals surface area contributed by atoms with Crippen molar-refractivity contribution in [2.75, 3.05) is 6.54 Å². The van der Waals surface area contributed by atoms with E-state index < -0.39 is 5.60 Å². The molecule has 0 saturated heterocycles. The molecule has 0 aromatic heterocycles. The lowest BCUT2D eigenvalue weighted by Crippen LogP contribution is -2.45. The van der Waals surface area contributed by atoms with Crippen LogP contribution in [0.3, 0.4) is 0 Å². The Kier molecular flexibility index (Phi) is 5.26. The van der Waals surface area contributed by atoms with Crippen molar-refractivity contribution in [1.29, 1.82) is 0 Å². The van der Waals surface area contributed by atoms with Crippen LogP contribution in [0.2, 0.25) is 0 Å². The molecule has 1 aliphatic carbocycles. The Labute approximate surface area is 101 Å². The van der Waals surface area contributed by atoms with E-state index in [9.17, 15) is 5.11 Å². The van der Waals surface area contributed by atoms with Gasteiger partial charge in [-0.25, -0.2) is 0 Å². The van der Waals surface area contributed by atoms with Crippen molar-refractivity contribution in [3.63, 3.8) is 0 Å². The molecule has 1 aliphatic rings. The van der Waals surface area contributed by atoms with Gasteiger partial charge in [-0.2, -0.15) is 0 Å². The molecule has 1 fully saturated rings. The van der Waals surface area contributed by atoms with Gasteiger partial charge in [0.2, 0.25) is 0 Å². The van der Waals surface area contributed by atoms with E-state index in [1.54, 1.807) is 0 Å². The summed E-state index contributed by atoms with van der Waals surface area (Å²) in [5, 5.41) is 13.7. The third-order valence-electron chi connectivity index (χ3n) is 4.25. The van der Waals surface area contributed by atoms with Gasteiger partial charge in [0.15, 0.2) is 0 Å². The van der Waals surface area contributed by atoms with Gasteiger partial charge in [0.05, 0.1) is 5.60 Å². The molecule has 3 atom stereocenters. The van der Waals surface area contributed by atoms with Crippen LogP contribution in [-0.2, 0) is 0 Å². The van der Waals surface area contributed by atoms with E-state index in [4.69, 9.17) is 0 Å². The molecule has 0 amide bonds. The quantitative estimate of drug-likeness (QED) is 0.724. The highest BCUT2D eigenvalue weighted by molar-refractivity contribution is 4.82. The van der Waals surface area contributed by atoms with Crippen LogP contribution in [0.15, 0.2) is 0 Å². The zero-order valence-electron chi connectivity index (χ0n) is 11.4. The molecule has 2 nitrogen and oxygen atoms in total. The molecule has 0 heterocycles. The van der Waals surface area contributed by atoms with E-state index in [1.807, 2.05) is 6.92 Å². The highest BCUT2D eigenvalue weighted by Gasteiger charge is 2.26. The smallest absolute Gasteiger partial charge is 0.0766 e. The van der Waals surface area contributed by atoms with Crippen LogP contribution in [-0.4, -0.2) is 23.3 Å². The lowest BCUT2D eigenvalue weighted by molar-refractivity contribution is 0.0114. The predicted molar refractivity (Wildman–Crippen MR) is 69.5 cm³/mol. The molecule has 0 spiro atoms. The van der Waals surface area contributed by atoms with E-state index in [1.165, 1.54) is 32.1 Å². The summed E-state index contributed by atoms with van der Waals surface area (Å²) in [5.74, 6) is 1.20. The summed E-state index contributed by atoms with van der Waals surface area (Å²) in [6, 6.07) is 0.621. The number of rotatable bonds is 4. The molecule has 1 rings (SSSR count). The van der Waals surface area contributed by atoms with Gasteiger partial charge in [-0.3, -0.25) is 0 Å². The molecule has 0 aromatic carbocycles. The van der Waals surface area contributed by atoms with Crippen LogP contribution in [0.4, 0.5) is 0 Å². The molecule has 3 unspecified atom stereocenters. The van der Waals surface area contributed by atoms with Crippen LogP contribution >= 0.6 is 0 Å². The molecule has 0 radical (unpaired) electrons. The van der Waals surface area contributed by atoms with Crippen molar-refractivity contribution in [2.45, 2.75) is 71.4 Å². The SMILES string of the molecule is CC1CCCC(NCC(C)(O)C(C)C)CC1. The van der Waals surface area contributed by atoms with E-state index in [2.05, 4.69) is 26.1 Å². The van der Waals surface area contributed by atoms with Crippen LogP contribution in [0.1, 0.15) is 59.8 Å². The Balaban J connectivity index is 2.32. The summed E-state index contributed by atoms with van der Waals surface area (Å²) in [7, 11) is 0. The van der Waals surface area contributed by atoms with Crippen molar-refractivity contribution < 1.29 is 5.11 Å². The third-order valence-corrected chi connectivity index (χ3v) is 4.25. The maximum absolute atomic E-state index is 10.2. The minimum Gasteiger partial charge on any atom is -0.389 e. The summed E-state index contributed by atoms with van der Waals surface area (Å²) in [6.45, 7) is 9.17. The van der Waals surface area contributed by atoms with Gasteiger partial charge >= 0.3 is 0 Å². The van der Waals surface area contributed by atoms with Crippen LogP contribution in [0.5, 0.6) is 0 Å². The fourth-order valence-corrected chi connectivity index (χ4v) is 2.25. The van der Waals surface area contributed by atoms with E-state index >= 15 is 0 Å². The molecular formula is C14H29NO. The monoisotopic (exact) mass is 227 g/mol. The Bertz CT molecular complexity index is 201. The molecule has 16 heavy (non-hydrogen) atoms. The molecule has 0 bridgehead atoms. The Morgan fingerprint density at radius 2 is 1.94 bits per heavy atom. The standard InChI is InChI=1S/C14H29NO/c1-11(2)14(4,16)10-15-13-7-5-6-12(3)8-9-13/h11-13,15-16H,5-10H2,1-4H3. The maximum atomic E-state index is 10.2. The summed E-state index contributed by atoms with van der Waals surface area (Å²) < 4.78 is 0. The Morgan fingerprint density at radius 3 is 2.56 bits per heavy atom. The van der Waals surface area contributed by atoms with Gasteiger partial charge in [-0.1, -0.05) is 33.6 Å². The second kappa shape index (κ2) is 6.02. The van der Waals surface area contributed by atoms with Gasteiger partial charge in [-0.15, -0.1) is 0 Å². The molecular weight excluding hydrogens is 198 g/mol. The minimum atomic E-state index is -0.572. The first kappa shape index (κ1) is 14.0. The minimum absolute atomic E-state index is 0.310. The highest BCUT2D eigenvalue weighted by atomic mass is 16.3. The summed E-state index contributed by atoms with van der Waals surface area (Å²) in [4.78, 5) is 0. The van der Waals surface area contributed by atoms with Gasteiger partial charge in [0.25, 0.3) is 0 Å². The van der Waals surface area contributed by atoms with E-state index in [-0.39, 0.29) is 0 Å². The van der Waals surface area contributed by atoms with Gasteiger partial charge < -0.3 is 10.4 Å². The average Bonchev–Trinajstić information content (AvgIpc) is 2.40. The van der Waals surface area contributed by atoms with Crippen LogP contribution in [0.25, 0.3) is 0 Å². The normalized spacial score (nSPS) is 31.1. The number of hydrogen-bond donors (Lipinski definition) is 2. The fraction of sp³-hybridized carbons (Fsp3) is 1.00. The van der Waals surface area contributed by atoms with Crippen molar-refractivity contribution >= 4 is 0 Å². The lowest BCUT2D eigenvalue weighted by atomic mass is 9.92. The first-order valence-electron chi connectivity index (χ1n) is 6.87. The third kappa shape index (κ3) is 4.42. The Morgan fingerprint density at radius 1 is 1.25 bits per heavy atom. The predicted octanol–water partition coefficient (Wildman–Crippen LogP) is 2.95. The van der Waals surface area contributed by atoms with Crippen molar-refractivity contribution in [3.05, 3.63) is 0 Å². The Hall–Kier alpha value is -0.0800. The number of nitrogens with one attached hydrogen (secondary N) is 1. The zero-order chi connectivity index (χ0) is 12.2. The molecule has 2 heteroatoms. The summed E-state index contributed by atoms with van der Waals surface area (Å²) >= 11 is 0. The second-order valence-corrected chi connectivity index (χ2v) is 6.20. The topological polar surface area (TPSA) is 32.3 Å². The lowest BCUT2D eigenvalue weighted by Gasteiger charge is -2.30. The van der Waals surface area contributed by atoms with Gasteiger partial charge in [0.1, 0.15) is 0 Å². The number of aliphatic hydroxyl groups is 1. The molecule has 0 aliphatic heterocycles. The molecule has 96 valence electrons. The molecule has 2 N–H and O–H groups in total. The molecule has 0 aromatic rings. The largest absolute Gasteiger partial charge is 0.389 e. The first-order chi connectivity index (χ1) is 7.42. The summed E-state index contributed by atoms with van der Waals surface area (Å²) in [6.07, 6.45) is 6.59. The second-order valence-electron chi connectivity index (χ2n) is 6.20. The number of hydrogen-bond acceptors (Lipinski definition) is 2. The fourth-order valence-electron chi connectivity index (χ4n) is 2.25. The highest BCUT2D eigenvalue weighted by Crippen LogP contribution is 2.23. The van der Waals surface area contributed by atoms with E-state index in [0.717, 1.165) is 12.5 Å². The zero-order valence-corrected chi connectivity index (χ0v) is 11.4. The van der Waals surface area contributed by atoms with Gasteiger partial charge in [-0.05, 0) is 38.0 Å². The van der Waals surface area contributed by atoms with Crippen molar-refractivity contribution in [3.8, 4) is 0 Å². The maximum Gasteiger partial charge on any atom is 0.0766 e. The average molecular weight is 227 g/mol.